The number of fused-ring (bicyclic) bond motifs is 4. The van der Waals surface area contributed by atoms with Gasteiger partial charge in [-0.05, 0) is 76.8 Å². The molecule has 3 saturated carbocycles. The topological polar surface area (TPSA) is 86.9 Å². The van der Waals surface area contributed by atoms with Crippen LogP contribution in [0.4, 0.5) is 5.69 Å². The third-order valence-electron chi connectivity index (χ3n) is 8.81. The number of rotatable bonds is 6. The first-order valence-corrected chi connectivity index (χ1v) is 13.3. The Morgan fingerprint density at radius 3 is 2.64 bits per heavy atom. The van der Waals surface area contributed by atoms with E-state index in [2.05, 4.69) is 12.2 Å². The maximum Gasteiger partial charge on any atom is 0.274 e. The molecule has 0 spiro atoms. The summed E-state index contributed by atoms with van der Waals surface area (Å²) in [6.07, 6.45) is 15.1. The molecule has 5 fully saturated rings. The van der Waals surface area contributed by atoms with Crippen LogP contribution in [0.5, 0.6) is 5.75 Å². The van der Waals surface area contributed by atoms with Crippen LogP contribution in [0.3, 0.4) is 0 Å². The maximum absolute atomic E-state index is 13.5. The van der Waals surface area contributed by atoms with E-state index in [1.807, 2.05) is 22.7 Å². The summed E-state index contributed by atoms with van der Waals surface area (Å²) in [4.78, 5) is 31.4. The summed E-state index contributed by atoms with van der Waals surface area (Å²) in [5.41, 5.74) is 2.25. The monoisotopic (exact) mass is 488 g/mol. The molecule has 3 aromatic rings. The number of aromatic nitrogens is 3. The molecule has 2 saturated heterocycles. The molecule has 3 aromatic heterocycles. The minimum atomic E-state index is -0.347. The van der Waals surface area contributed by atoms with Gasteiger partial charge in [-0.2, -0.15) is 0 Å². The van der Waals surface area contributed by atoms with E-state index < -0.39 is 0 Å². The third-order valence-corrected chi connectivity index (χ3v) is 8.81. The highest BCUT2D eigenvalue weighted by Gasteiger charge is 2.49. The summed E-state index contributed by atoms with van der Waals surface area (Å²) >= 11 is 0. The molecule has 0 aromatic carbocycles. The van der Waals surface area contributed by atoms with Gasteiger partial charge in [-0.3, -0.25) is 9.59 Å². The summed E-state index contributed by atoms with van der Waals surface area (Å²) < 4.78 is 16.1. The van der Waals surface area contributed by atoms with Crippen molar-refractivity contribution in [2.75, 3.05) is 11.9 Å². The predicted octanol–water partition coefficient (Wildman–Crippen LogP) is 4.62. The standard InChI is InChI=1S/C28H32N4O4/c1-27-9-11-28(12-10-27,17-35-27)23-16-31-15-20(22(14-24(31)30-23)36-19-4-2-5-19)25(33)29-21-6-3-13-32(26(21)34)18-7-8-18/h3,6,13-16,18-19H,2,4-5,7-12,17H2,1H3,(H,29,33). The molecule has 188 valence electrons. The fourth-order valence-electron chi connectivity index (χ4n) is 5.83. The smallest absolute Gasteiger partial charge is 0.274 e. The highest BCUT2D eigenvalue weighted by atomic mass is 16.5. The van der Waals surface area contributed by atoms with Crippen LogP contribution in [0.2, 0.25) is 0 Å². The van der Waals surface area contributed by atoms with E-state index in [4.69, 9.17) is 14.5 Å². The lowest BCUT2D eigenvalue weighted by Crippen LogP contribution is -2.51. The van der Waals surface area contributed by atoms with Crippen molar-refractivity contribution < 1.29 is 14.3 Å². The number of carbonyl (C=O) groups excluding carboxylic acids is 1. The fourth-order valence-corrected chi connectivity index (χ4v) is 5.83. The first-order valence-electron chi connectivity index (χ1n) is 13.3. The number of ether oxygens (including phenoxy) is 2. The van der Waals surface area contributed by atoms with Crippen molar-refractivity contribution in [3.63, 3.8) is 0 Å². The molecule has 0 radical (unpaired) electrons. The van der Waals surface area contributed by atoms with Crippen LogP contribution in [-0.2, 0) is 10.2 Å². The van der Waals surface area contributed by atoms with Crippen LogP contribution in [0.15, 0.2) is 41.6 Å². The van der Waals surface area contributed by atoms with Crippen LogP contribution < -0.4 is 15.6 Å². The number of nitrogens with zero attached hydrogens (tertiary/aromatic N) is 3. The highest BCUT2D eigenvalue weighted by Crippen LogP contribution is 2.49. The van der Waals surface area contributed by atoms with Crippen LogP contribution in [0.25, 0.3) is 5.65 Å². The van der Waals surface area contributed by atoms with Gasteiger partial charge in [0.2, 0.25) is 0 Å². The molecule has 8 rings (SSSR count). The molecule has 0 unspecified atom stereocenters. The average molecular weight is 489 g/mol. The number of pyridine rings is 2. The lowest BCUT2D eigenvalue weighted by molar-refractivity contribution is -0.146. The van der Waals surface area contributed by atoms with Gasteiger partial charge in [-0.25, -0.2) is 4.98 Å². The molecule has 8 nitrogen and oxygen atoms in total. The van der Waals surface area contributed by atoms with Crippen molar-refractivity contribution in [3.05, 3.63) is 58.4 Å². The van der Waals surface area contributed by atoms with Crippen molar-refractivity contribution in [2.45, 2.75) is 87.9 Å². The number of hydrogen-bond donors (Lipinski definition) is 1. The Kier molecular flexibility index (Phi) is 4.87. The fraction of sp³-hybridized carbons (Fsp3) is 0.536. The number of carbonyl (C=O) groups is 1. The van der Waals surface area contributed by atoms with E-state index in [9.17, 15) is 9.59 Å². The predicted molar refractivity (Wildman–Crippen MR) is 135 cm³/mol. The first kappa shape index (κ1) is 22.1. The Morgan fingerprint density at radius 2 is 1.97 bits per heavy atom. The molecule has 2 aliphatic heterocycles. The van der Waals surface area contributed by atoms with Gasteiger partial charge >= 0.3 is 0 Å². The number of nitrogens with one attached hydrogen (secondary N) is 1. The Morgan fingerprint density at radius 1 is 1.17 bits per heavy atom. The van der Waals surface area contributed by atoms with Crippen molar-refractivity contribution in [1.82, 2.24) is 14.0 Å². The lowest BCUT2D eigenvalue weighted by Gasteiger charge is -2.51. The molecular formula is C28H32N4O4. The van der Waals surface area contributed by atoms with Gasteiger partial charge in [-0.1, -0.05) is 0 Å². The molecule has 1 N–H and O–H groups in total. The molecular weight excluding hydrogens is 456 g/mol. The van der Waals surface area contributed by atoms with Crippen LogP contribution in [0.1, 0.15) is 86.8 Å². The van der Waals surface area contributed by atoms with Crippen molar-refractivity contribution in [3.8, 4) is 5.75 Å². The second kappa shape index (κ2) is 7.93. The normalized spacial score (nSPS) is 27.7. The SMILES string of the molecule is CC12CCC(c3cn4cc(C(=O)Nc5cccn(C6CC6)c5=O)c(OC5CCC5)cc4n3)(CC1)CO2. The Bertz CT molecular complexity index is 1390. The third kappa shape index (κ3) is 3.65. The van der Waals surface area contributed by atoms with Gasteiger partial charge < -0.3 is 23.8 Å². The van der Waals surface area contributed by atoms with E-state index >= 15 is 0 Å². The largest absolute Gasteiger partial charge is 0.489 e. The summed E-state index contributed by atoms with van der Waals surface area (Å²) in [7, 11) is 0. The zero-order valence-corrected chi connectivity index (χ0v) is 20.7. The quantitative estimate of drug-likeness (QED) is 0.547. The summed E-state index contributed by atoms with van der Waals surface area (Å²) in [5.74, 6) is 0.175. The zero-order valence-electron chi connectivity index (χ0n) is 20.7. The zero-order chi connectivity index (χ0) is 24.5. The maximum atomic E-state index is 13.5. The average Bonchev–Trinajstić information content (AvgIpc) is 3.61. The molecule has 3 aliphatic carbocycles. The molecule has 8 heteroatoms. The van der Waals surface area contributed by atoms with E-state index in [0.717, 1.165) is 69.1 Å². The number of amides is 1. The van der Waals surface area contributed by atoms with E-state index in [1.54, 1.807) is 23.0 Å². The van der Waals surface area contributed by atoms with Crippen LogP contribution in [-0.4, -0.2) is 38.2 Å². The minimum Gasteiger partial charge on any atom is -0.489 e. The lowest BCUT2D eigenvalue weighted by atomic mass is 9.65. The second-order valence-electron chi connectivity index (χ2n) is 11.5. The summed E-state index contributed by atoms with van der Waals surface area (Å²) in [6, 6.07) is 5.59. The van der Waals surface area contributed by atoms with Crippen molar-refractivity contribution >= 4 is 17.2 Å². The van der Waals surface area contributed by atoms with Gasteiger partial charge in [-0.15, -0.1) is 0 Å². The van der Waals surface area contributed by atoms with E-state index in [0.29, 0.717) is 23.6 Å². The molecule has 0 atom stereocenters. The Hall–Kier alpha value is -3.13. The Balaban J connectivity index is 1.24. The molecule has 5 aliphatic rings. The van der Waals surface area contributed by atoms with Gasteiger partial charge in [0, 0.05) is 36.1 Å². The van der Waals surface area contributed by atoms with Crippen molar-refractivity contribution in [1.29, 1.82) is 0 Å². The Labute approximate surface area is 209 Å². The molecule has 36 heavy (non-hydrogen) atoms. The molecule has 1 amide bonds. The van der Waals surface area contributed by atoms with Gasteiger partial charge in [0.25, 0.3) is 11.5 Å². The van der Waals surface area contributed by atoms with E-state index in [-0.39, 0.29) is 34.6 Å². The molecule has 2 bridgehead atoms. The summed E-state index contributed by atoms with van der Waals surface area (Å²) in [6.45, 7) is 2.90. The van der Waals surface area contributed by atoms with Crippen molar-refractivity contribution in [2.24, 2.45) is 0 Å². The summed E-state index contributed by atoms with van der Waals surface area (Å²) in [5, 5.41) is 2.86. The van der Waals surface area contributed by atoms with Crippen LogP contribution >= 0.6 is 0 Å². The van der Waals surface area contributed by atoms with E-state index in [1.165, 1.54) is 0 Å². The van der Waals surface area contributed by atoms with Gasteiger partial charge in [0.05, 0.1) is 29.6 Å². The highest BCUT2D eigenvalue weighted by molar-refractivity contribution is 6.06. The first-order chi connectivity index (χ1) is 17.4. The second-order valence-corrected chi connectivity index (χ2v) is 11.5. The number of imidazole rings is 1. The van der Waals surface area contributed by atoms with Gasteiger partial charge in [0.15, 0.2) is 0 Å². The number of anilines is 1. The molecule has 5 heterocycles. The minimum absolute atomic E-state index is 0.00542. The number of hydrogen-bond acceptors (Lipinski definition) is 5. The van der Waals surface area contributed by atoms with Gasteiger partial charge in [0.1, 0.15) is 17.1 Å². The van der Waals surface area contributed by atoms with Crippen LogP contribution in [0, 0.1) is 0 Å².